The first-order chi connectivity index (χ1) is 16.6. The lowest BCUT2D eigenvalue weighted by Gasteiger charge is -2.36. The second-order valence-electron chi connectivity index (χ2n) is 10.1. The fraction of sp³-hybridized carbons (Fsp3) is 0.464. The largest absolute Gasteiger partial charge is 0.465 e. The number of esters is 1. The molecular formula is C28H36N2O5. The van der Waals surface area contributed by atoms with Gasteiger partial charge in [0, 0.05) is 12.6 Å². The molecule has 0 saturated carbocycles. The van der Waals surface area contributed by atoms with E-state index >= 15 is 0 Å². The minimum atomic E-state index is -0.523. The highest BCUT2D eigenvalue weighted by atomic mass is 16.6. The number of hydrogen-bond donors (Lipinski definition) is 1. The van der Waals surface area contributed by atoms with Crippen molar-refractivity contribution < 1.29 is 23.9 Å². The van der Waals surface area contributed by atoms with Crippen LogP contribution in [0.5, 0.6) is 0 Å². The lowest BCUT2D eigenvalue weighted by atomic mass is 9.88. The summed E-state index contributed by atoms with van der Waals surface area (Å²) in [6, 6.07) is 14.1. The number of amides is 2. The Kier molecular flexibility index (Phi) is 8.54. The third-order valence-electron chi connectivity index (χ3n) is 6.28. The monoisotopic (exact) mass is 480 g/mol. The van der Waals surface area contributed by atoms with Crippen LogP contribution in [-0.4, -0.2) is 42.1 Å². The Hall–Kier alpha value is -3.35. The van der Waals surface area contributed by atoms with Crippen LogP contribution in [-0.2, 0) is 33.7 Å². The molecule has 4 rings (SSSR count). The van der Waals surface area contributed by atoms with Crippen LogP contribution in [0.2, 0.25) is 0 Å². The summed E-state index contributed by atoms with van der Waals surface area (Å²) in [4.78, 5) is 36.0. The second kappa shape index (κ2) is 11.4. The Balaban J connectivity index is 0.000000223. The van der Waals surface area contributed by atoms with Crippen molar-refractivity contribution in [3.63, 3.8) is 0 Å². The molecule has 2 atom stereocenters. The molecule has 7 heteroatoms. The number of nitrogens with one attached hydrogen (secondary N) is 1. The number of nitrogens with zero attached hydrogens (tertiary/aromatic N) is 1. The van der Waals surface area contributed by atoms with E-state index in [1.807, 2.05) is 39.8 Å². The van der Waals surface area contributed by atoms with Crippen LogP contribution < -0.4 is 5.32 Å². The summed E-state index contributed by atoms with van der Waals surface area (Å²) in [6.07, 6.45) is 4.60. The van der Waals surface area contributed by atoms with Gasteiger partial charge >= 0.3 is 12.1 Å². The molecule has 2 amide bonds. The zero-order valence-corrected chi connectivity index (χ0v) is 21.3. The summed E-state index contributed by atoms with van der Waals surface area (Å²) in [6.45, 7) is 7.99. The predicted molar refractivity (Wildman–Crippen MR) is 134 cm³/mol. The summed E-state index contributed by atoms with van der Waals surface area (Å²) in [7, 11) is 1.36. The van der Waals surface area contributed by atoms with Crippen molar-refractivity contribution in [2.24, 2.45) is 0 Å². The quantitative estimate of drug-likeness (QED) is 0.496. The first-order valence-electron chi connectivity index (χ1n) is 12.1. The van der Waals surface area contributed by atoms with Crippen LogP contribution in [0.3, 0.4) is 0 Å². The molecule has 0 fully saturated rings. The number of fused-ring (bicyclic) bond motifs is 2. The molecule has 2 unspecified atom stereocenters. The highest BCUT2D eigenvalue weighted by molar-refractivity contribution is 5.89. The maximum atomic E-state index is 12.3. The Morgan fingerprint density at radius 2 is 1.83 bits per heavy atom. The third-order valence-corrected chi connectivity index (χ3v) is 6.28. The average molecular weight is 481 g/mol. The zero-order valence-electron chi connectivity index (χ0n) is 21.3. The maximum Gasteiger partial charge on any atom is 0.410 e. The van der Waals surface area contributed by atoms with Crippen LogP contribution in [0.4, 0.5) is 4.79 Å². The van der Waals surface area contributed by atoms with Gasteiger partial charge in [0.15, 0.2) is 0 Å². The van der Waals surface area contributed by atoms with Crippen LogP contribution in [0.1, 0.15) is 79.2 Å². The van der Waals surface area contributed by atoms with Gasteiger partial charge in [0.1, 0.15) is 5.60 Å². The number of carbonyl (C=O) groups is 3. The standard InChI is InChI=1S/C17H23NO4.C11H13NO/c1-11-8-12-6-7-13(15(19)21-5)9-14(12)10-18(11)16(20)22-17(2,3)4;13-8-12-11-7-3-5-9-4-1-2-6-10(9)11/h6-7,9,11H,8,10H2,1-5H3;1-2,4,6,8,11H,3,5,7H2,(H,12,13). The molecule has 0 radical (unpaired) electrons. The normalized spacial score (nSPS) is 18.7. The summed E-state index contributed by atoms with van der Waals surface area (Å²) >= 11 is 0. The SMILES string of the molecule is COC(=O)c1ccc2c(c1)CN(C(=O)OC(C)(C)C)C(C)C2.O=CNC1CCCc2ccccc21. The number of methoxy groups -OCH3 is 1. The summed E-state index contributed by atoms with van der Waals surface area (Å²) in [5.41, 5.74) is 4.77. The van der Waals surface area contributed by atoms with E-state index in [1.165, 1.54) is 24.7 Å². The minimum Gasteiger partial charge on any atom is -0.465 e. The number of hydrogen-bond acceptors (Lipinski definition) is 5. The van der Waals surface area contributed by atoms with Crippen LogP contribution in [0.25, 0.3) is 0 Å². The highest BCUT2D eigenvalue weighted by Gasteiger charge is 2.30. The average Bonchev–Trinajstić information content (AvgIpc) is 2.82. The molecule has 1 aliphatic heterocycles. The molecular weight excluding hydrogens is 444 g/mol. The van der Waals surface area contributed by atoms with Crippen molar-refractivity contribution in [1.29, 1.82) is 0 Å². The van der Waals surface area contributed by atoms with Crippen LogP contribution in [0, 0.1) is 0 Å². The molecule has 2 aromatic carbocycles. The zero-order chi connectivity index (χ0) is 25.6. The van der Waals surface area contributed by atoms with Gasteiger partial charge in [-0.15, -0.1) is 0 Å². The lowest BCUT2D eigenvalue weighted by molar-refractivity contribution is -0.110. The fourth-order valence-corrected chi connectivity index (χ4v) is 4.56. The molecule has 0 spiro atoms. The van der Waals surface area contributed by atoms with Gasteiger partial charge < -0.3 is 19.7 Å². The van der Waals surface area contributed by atoms with Crippen molar-refractivity contribution in [1.82, 2.24) is 10.2 Å². The summed E-state index contributed by atoms with van der Waals surface area (Å²) in [5.74, 6) is -0.370. The van der Waals surface area contributed by atoms with Gasteiger partial charge in [0.05, 0.1) is 18.7 Å². The maximum absolute atomic E-state index is 12.3. The summed E-state index contributed by atoms with van der Waals surface area (Å²) in [5, 5.41) is 2.86. The van der Waals surface area contributed by atoms with Gasteiger partial charge in [-0.2, -0.15) is 0 Å². The summed E-state index contributed by atoms with van der Waals surface area (Å²) < 4.78 is 10.2. The molecule has 7 nitrogen and oxygen atoms in total. The van der Waals surface area contributed by atoms with E-state index in [9.17, 15) is 14.4 Å². The molecule has 0 aromatic heterocycles. The molecule has 35 heavy (non-hydrogen) atoms. The van der Waals surface area contributed by atoms with Gasteiger partial charge in [-0.25, -0.2) is 9.59 Å². The molecule has 188 valence electrons. The Morgan fingerprint density at radius 1 is 1.09 bits per heavy atom. The van der Waals surface area contributed by atoms with Crippen molar-refractivity contribution >= 4 is 18.5 Å². The van der Waals surface area contributed by atoms with E-state index in [2.05, 4.69) is 23.5 Å². The fourth-order valence-electron chi connectivity index (χ4n) is 4.56. The predicted octanol–water partition coefficient (Wildman–Crippen LogP) is 4.96. The van der Waals surface area contributed by atoms with E-state index in [1.54, 1.807) is 17.0 Å². The topological polar surface area (TPSA) is 84.9 Å². The molecule has 0 bridgehead atoms. The first-order valence-corrected chi connectivity index (χ1v) is 12.1. The van der Waals surface area contributed by atoms with E-state index < -0.39 is 5.60 Å². The van der Waals surface area contributed by atoms with Crippen LogP contribution in [0.15, 0.2) is 42.5 Å². The van der Waals surface area contributed by atoms with Gasteiger partial charge in [0.25, 0.3) is 0 Å². The second-order valence-corrected chi connectivity index (χ2v) is 10.1. The minimum absolute atomic E-state index is 0.0614. The Morgan fingerprint density at radius 3 is 2.51 bits per heavy atom. The first kappa shape index (κ1) is 26.3. The highest BCUT2D eigenvalue weighted by Crippen LogP contribution is 2.29. The van der Waals surface area contributed by atoms with Crippen molar-refractivity contribution in [2.75, 3.05) is 7.11 Å². The molecule has 2 aromatic rings. The number of carbonyl (C=O) groups excluding carboxylic acids is 3. The van der Waals surface area contributed by atoms with Crippen molar-refractivity contribution in [3.05, 3.63) is 70.3 Å². The molecule has 0 saturated heterocycles. The van der Waals surface area contributed by atoms with E-state index in [0.29, 0.717) is 12.1 Å². The van der Waals surface area contributed by atoms with Crippen LogP contribution >= 0.6 is 0 Å². The van der Waals surface area contributed by atoms with E-state index in [0.717, 1.165) is 36.8 Å². The third kappa shape index (κ3) is 6.84. The molecule has 1 heterocycles. The molecule has 1 N–H and O–H groups in total. The molecule has 2 aliphatic rings. The Bertz CT molecular complexity index is 1060. The Labute approximate surface area is 207 Å². The van der Waals surface area contributed by atoms with Crippen molar-refractivity contribution in [2.45, 2.75) is 77.6 Å². The van der Waals surface area contributed by atoms with Gasteiger partial charge in [-0.3, -0.25) is 4.79 Å². The number of ether oxygens (including phenoxy) is 2. The van der Waals surface area contributed by atoms with E-state index in [-0.39, 0.29) is 24.1 Å². The molecule has 1 aliphatic carbocycles. The van der Waals surface area contributed by atoms with E-state index in [4.69, 9.17) is 9.47 Å². The van der Waals surface area contributed by atoms with Crippen molar-refractivity contribution in [3.8, 4) is 0 Å². The van der Waals surface area contributed by atoms with Gasteiger partial charge in [0.2, 0.25) is 6.41 Å². The lowest BCUT2D eigenvalue weighted by Crippen LogP contribution is -2.45. The van der Waals surface area contributed by atoms with Gasteiger partial charge in [-0.05, 0) is 87.8 Å². The number of benzene rings is 2. The number of aryl methyl sites for hydroxylation is 1. The smallest absolute Gasteiger partial charge is 0.410 e. The number of rotatable bonds is 3. The van der Waals surface area contributed by atoms with Gasteiger partial charge in [-0.1, -0.05) is 30.3 Å².